The van der Waals surface area contributed by atoms with Crippen molar-refractivity contribution >= 4 is 10.0 Å². The van der Waals surface area contributed by atoms with Crippen LogP contribution in [0.3, 0.4) is 0 Å². The lowest BCUT2D eigenvalue weighted by molar-refractivity contribution is -0.137. The van der Waals surface area contributed by atoms with E-state index in [9.17, 15) is 21.6 Å². The molecule has 0 amide bonds. The second kappa shape index (κ2) is 6.91. The summed E-state index contributed by atoms with van der Waals surface area (Å²) in [4.78, 5) is -0.248. The average molecular weight is 320 g/mol. The van der Waals surface area contributed by atoms with Crippen LogP contribution in [0.2, 0.25) is 0 Å². The second-order valence-electron chi connectivity index (χ2n) is 4.37. The normalized spacial score (nSPS) is 12.4. The van der Waals surface area contributed by atoms with Crippen molar-refractivity contribution in [1.82, 2.24) is 4.31 Å². The van der Waals surface area contributed by atoms with Crippen LogP contribution in [0.5, 0.6) is 0 Å². The van der Waals surface area contributed by atoms with Gasteiger partial charge in [-0.05, 0) is 30.7 Å². The number of hydrogen-bond donors (Lipinski definition) is 0. The Morgan fingerprint density at radius 1 is 1.24 bits per heavy atom. The van der Waals surface area contributed by atoms with Gasteiger partial charge in [0.2, 0.25) is 10.0 Å². The Labute approximate surface area is 121 Å². The molecule has 8 heteroatoms. The lowest BCUT2D eigenvalue weighted by Crippen LogP contribution is -2.32. The highest BCUT2D eigenvalue weighted by Crippen LogP contribution is 2.30. The van der Waals surface area contributed by atoms with Gasteiger partial charge >= 0.3 is 6.18 Å². The first kappa shape index (κ1) is 17.5. The molecule has 0 aliphatic heterocycles. The maximum Gasteiger partial charge on any atom is 0.416 e. The van der Waals surface area contributed by atoms with E-state index in [0.717, 1.165) is 35.0 Å². The molecule has 0 saturated carbocycles. The van der Waals surface area contributed by atoms with Crippen LogP contribution in [0.25, 0.3) is 0 Å². The highest BCUT2D eigenvalue weighted by atomic mass is 32.2. The van der Waals surface area contributed by atoms with E-state index < -0.39 is 21.8 Å². The number of alkyl halides is 3. The number of rotatable bonds is 6. The first-order valence-electron chi connectivity index (χ1n) is 6.28. The number of nitriles is 1. The summed E-state index contributed by atoms with van der Waals surface area (Å²) < 4.78 is 62.9. The molecule has 116 valence electrons. The molecule has 0 aromatic heterocycles. The number of hydrogen-bond acceptors (Lipinski definition) is 3. The van der Waals surface area contributed by atoms with E-state index in [1.54, 1.807) is 6.07 Å². The molecule has 0 aliphatic carbocycles. The van der Waals surface area contributed by atoms with Gasteiger partial charge in [-0.25, -0.2) is 8.42 Å². The summed E-state index contributed by atoms with van der Waals surface area (Å²) in [5.74, 6) is 0. The topological polar surface area (TPSA) is 61.2 Å². The third kappa shape index (κ3) is 4.44. The maximum absolute atomic E-state index is 12.5. The number of nitrogens with zero attached hydrogens (tertiary/aromatic N) is 2. The molecule has 0 radical (unpaired) electrons. The van der Waals surface area contributed by atoms with Crippen molar-refractivity contribution in [2.75, 3.05) is 13.1 Å². The van der Waals surface area contributed by atoms with Gasteiger partial charge in [0.1, 0.15) is 6.54 Å². The Kier molecular flexibility index (Phi) is 5.75. The van der Waals surface area contributed by atoms with E-state index in [1.165, 1.54) is 0 Å². The minimum absolute atomic E-state index is 0.160. The van der Waals surface area contributed by atoms with Crippen molar-refractivity contribution in [1.29, 1.82) is 5.26 Å². The molecule has 0 bridgehead atoms. The third-order valence-electron chi connectivity index (χ3n) is 2.83. The standard InChI is InChI=1S/C13H15F3N2O2S/c1-2-3-9-18(10-8-17)21(19,20)12-6-4-11(5-7-12)13(14,15)16/h4-7H,2-3,9-10H2,1H3. The van der Waals surface area contributed by atoms with Gasteiger partial charge in [0.25, 0.3) is 0 Å². The first-order valence-corrected chi connectivity index (χ1v) is 7.72. The minimum Gasteiger partial charge on any atom is -0.207 e. The zero-order chi connectivity index (χ0) is 16.1. The SMILES string of the molecule is CCCCN(CC#N)S(=O)(=O)c1ccc(C(F)(F)F)cc1. The van der Waals surface area contributed by atoms with E-state index >= 15 is 0 Å². The van der Waals surface area contributed by atoms with Crippen molar-refractivity contribution in [2.24, 2.45) is 0 Å². The molecule has 0 unspecified atom stereocenters. The molecule has 0 fully saturated rings. The molecule has 0 aliphatic rings. The Bertz CT molecular complexity index is 604. The van der Waals surface area contributed by atoms with Crippen LogP contribution < -0.4 is 0 Å². The van der Waals surface area contributed by atoms with E-state index in [1.807, 2.05) is 6.92 Å². The largest absolute Gasteiger partial charge is 0.416 e. The summed E-state index contributed by atoms with van der Waals surface area (Å²) in [6, 6.07) is 5.02. The molecular formula is C13H15F3N2O2S. The smallest absolute Gasteiger partial charge is 0.207 e. The predicted molar refractivity (Wildman–Crippen MR) is 70.7 cm³/mol. The summed E-state index contributed by atoms with van der Waals surface area (Å²) in [6.07, 6.45) is -3.21. The van der Waals surface area contributed by atoms with Crippen molar-refractivity contribution in [3.8, 4) is 6.07 Å². The Morgan fingerprint density at radius 3 is 2.24 bits per heavy atom. The van der Waals surface area contributed by atoms with Crippen LogP contribution in [0.15, 0.2) is 29.2 Å². The lowest BCUT2D eigenvalue weighted by atomic mass is 10.2. The zero-order valence-electron chi connectivity index (χ0n) is 11.4. The van der Waals surface area contributed by atoms with E-state index in [0.29, 0.717) is 6.42 Å². The van der Waals surface area contributed by atoms with Crippen molar-refractivity contribution < 1.29 is 21.6 Å². The molecule has 0 N–H and O–H groups in total. The highest BCUT2D eigenvalue weighted by molar-refractivity contribution is 7.89. The molecule has 4 nitrogen and oxygen atoms in total. The first-order chi connectivity index (χ1) is 9.73. The summed E-state index contributed by atoms with van der Waals surface area (Å²) in [7, 11) is -3.95. The van der Waals surface area contributed by atoms with Gasteiger partial charge < -0.3 is 0 Å². The molecular weight excluding hydrogens is 305 g/mol. The van der Waals surface area contributed by atoms with Crippen LogP contribution in [-0.4, -0.2) is 25.8 Å². The van der Waals surface area contributed by atoms with E-state index in [-0.39, 0.29) is 18.0 Å². The van der Waals surface area contributed by atoms with Gasteiger partial charge in [-0.1, -0.05) is 13.3 Å². The summed E-state index contributed by atoms with van der Waals surface area (Å²) in [5, 5.41) is 8.69. The van der Waals surface area contributed by atoms with Crippen LogP contribution in [0.1, 0.15) is 25.3 Å². The van der Waals surface area contributed by atoms with Gasteiger partial charge in [0, 0.05) is 6.54 Å². The molecule has 0 saturated heterocycles. The second-order valence-corrected chi connectivity index (χ2v) is 6.31. The van der Waals surface area contributed by atoms with Crippen molar-refractivity contribution in [3.05, 3.63) is 29.8 Å². The summed E-state index contributed by atoms with van der Waals surface area (Å²) in [6.45, 7) is 1.70. The quantitative estimate of drug-likeness (QED) is 0.757. The fraction of sp³-hybridized carbons (Fsp3) is 0.462. The van der Waals surface area contributed by atoms with Gasteiger partial charge in [-0.2, -0.15) is 22.7 Å². The molecule has 1 aromatic carbocycles. The Hall–Kier alpha value is -1.59. The van der Waals surface area contributed by atoms with Crippen LogP contribution >= 0.6 is 0 Å². The molecule has 21 heavy (non-hydrogen) atoms. The molecule has 0 spiro atoms. The monoisotopic (exact) mass is 320 g/mol. The van der Waals surface area contributed by atoms with Crippen molar-refractivity contribution in [3.63, 3.8) is 0 Å². The fourth-order valence-electron chi connectivity index (χ4n) is 1.66. The predicted octanol–water partition coefficient (Wildman–Crippen LogP) is 3.02. The molecule has 1 aromatic rings. The van der Waals surface area contributed by atoms with Crippen LogP contribution in [0, 0.1) is 11.3 Å². The third-order valence-corrected chi connectivity index (χ3v) is 4.69. The van der Waals surface area contributed by atoms with Gasteiger partial charge in [0.15, 0.2) is 0 Å². The molecule has 0 heterocycles. The van der Waals surface area contributed by atoms with E-state index in [2.05, 4.69) is 0 Å². The number of halogens is 3. The lowest BCUT2D eigenvalue weighted by Gasteiger charge is -2.19. The minimum atomic E-state index is -4.52. The van der Waals surface area contributed by atoms with Gasteiger partial charge in [-0.15, -0.1) is 0 Å². The van der Waals surface area contributed by atoms with E-state index in [4.69, 9.17) is 5.26 Å². The molecule has 0 atom stereocenters. The van der Waals surface area contributed by atoms with Gasteiger partial charge in [-0.3, -0.25) is 0 Å². The maximum atomic E-state index is 12.5. The number of sulfonamides is 1. The molecule has 1 rings (SSSR count). The van der Waals surface area contributed by atoms with Crippen molar-refractivity contribution in [2.45, 2.75) is 30.8 Å². The Morgan fingerprint density at radius 2 is 1.81 bits per heavy atom. The summed E-state index contributed by atoms with van der Waals surface area (Å²) in [5.41, 5.74) is -0.915. The summed E-state index contributed by atoms with van der Waals surface area (Å²) >= 11 is 0. The zero-order valence-corrected chi connectivity index (χ0v) is 12.2. The van der Waals surface area contributed by atoms with Crippen LogP contribution in [0.4, 0.5) is 13.2 Å². The highest BCUT2D eigenvalue weighted by Gasteiger charge is 2.31. The Balaban J connectivity index is 3.08. The number of benzene rings is 1. The average Bonchev–Trinajstić information content (AvgIpc) is 2.42. The number of unbranched alkanes of at least 4 members (excludes halogenated alkanes) is 1. The fourth-order valence-corrected chi connectivity index (χ4v) is 3.04. The van der Waals surface area contributed by atoms with Gasteiger partial charge in [0.05, 0.1) is 16.5 Å². The van der Waals surface area contributed by atoms with Crippen LogP contribution in [-0.2, 0) is 16.2 Å².